The van der Waals surface area contributed by atoms with Crippen molar-refractivity contribution in [2.75, 3.05) is 6.61 Å². The Hall–Kier alpha value is -1.65. The van der Waals surface area contributed by atoms with Crippen molar-refractivity contribution in [1.29, 1.82) is 0 Å². The SMILES string of the molecule is CCC(=O)OC[C@@]12C(=CC(=O)C[C@@H]1C)CC[C@@H]1[C@@H]2CC[C@@]2(C)[C@H]1CC[C@]2(C)OC(=O)CC. The van der Waals surface area contributed by atoms with Crippen LogP contribution in [0.4, 0.5) is 0 Å². The van der Waals surface area contributed by atoms with Crippen molar-refractivity contribution in [3.05, 3.63) is 11.6 Å². The van der Waals surface area contributed by atoms with Crippen LogP contribution in [-0.2, 0) is 23.9 Å². The zero-order valence-corrected chi connectivity index (χ0v) is 20.5. The number of ketones is 1. The van der Waals surface area contributed by atoms with Gasteiger partial charge in [-0.1, -0.05) is 33.3 Å². The molecule has 0 aromatic rings. The zero-order chi connectivity index (χ0) is 23.3. The van der Waals surface area contributed by atoms with E-state index in [1.54, 1.807) is 0 Å². The molecule has 3 fully saturated rings. The Morgan fingerprint density at radius 1 is 1.03 bits per heavy atom. The number of hydrogen-bond donors (Lipinski definition) is 0. The molecule has 3 saturated carbocycles. The van der Waals surface area contributed by atoms with E-state index in [4.69, 9.17) is 9.47 Å². The predicted molar refractivity (Wildman–Crippen MR) is 122 cm³/mol. The fraction of sp³-hybridized carbons (Fsp3) is 0.815. The number of carbonyl (C=O) groups is 3. The molecule has 0 spiro atoms. The summed E-state index contributed by atoms with van der Waals surface area (Å²) >= 11 is 0. The highest BCUT2D eigenvalue weighted by molar-refractivity contribution is 5.92. The molecule has 32 heavy (non-hydrogen) atoms. The normalized spacial score (nSPS) is 42.9. The van der Waals surface area contributed by atoms with Crippen LogP contribution in [0.25, 0.3) is 0 Å². The summed E-state index contributed by atoms with van der Waals surface area (Å²) in [7, 11) is 0. The number of hydrogen-bond acceptors (Lipinski definition) is 5. The molecule has 5 nitrogen and oxygen atoms in total. The lowest BCUT2D eigenvalue weighted by Crippen LogP contribution is -2.58. The summed E-state index contributed by atoms with van der Waals surface area (Å²) in [6, 6.07) is 0. The van der Waals surface area contributed by atoms with E-state index in [2.05, 4.69) is 20.8 Å². The van der Waals surface area contributed by atoms with Gasteiger partial charge in [0.1, 0.15) is 12.2 Å². The molecule has 4 aliphatic carbocycles. The summed E-state index contributed by atoms with van der Waals surface area (Å²) in [5, 5.41) is 0. The van der Waals surface area contributed by atoms with Gasteiger partial charge in [-0.25, -0.2) is 0 Å². The van der Waals surface area contributed by atoms with Crippen LogP contribution in [0, 0.1) is 34.5 Å². The minimum atomic E-state index is -0.415. The molecule has 0 saturated heterocycles. The van der Waals surface area contributed by atoms with Crippen LogP contribution in [0.5, 0.6) is 0 Å². The number of esters is 2. The first-order valence-electron chi connectivity index (χ1n) is 12.7. The van der Waals surface area contributed by atoms with E-state index in [1.807, 2.05) is 19.9 Å². The fourth-order valence-corrected chi connectivity index (χ4v) is 8.11. The van der Waals surface area contributed by atoms with Crippen LogP contribution in [0.15, 0.2) is 11.6 Å². The first-order valence-corrected chi connectivity index (χ1v) is 12.7. The molecule has 0 unspecified atom stereocenters. The van der Waals surface area contributed by atoms with Gasteiger partial charge < -0.3 is 9.47 Å². The number of ether oxygens (including phenoxy) is 2. The molecule has 0 amide bonds. The summed E-state index contributed by atoms with van der Waals surface area (Å²) in [4.78, 5) is 36.8. The summed E-state index contributed by atoms with van der Waals surface area (Å²) in [5.74, 6) is 1.51. The van der Waals surface area contributed by atoms with Gasteiger partial charge in [0.15, 0.2) is 5.78 Å². The second-order valence-electron chi connectivity index (χ2n) is 11.3. The van der Waals surface area contributed by atoms with Gasteiger partial charge in [-0.05, 0) is 75.2 Å². The Morgan fingerprint density at radius 3 is 2.41 bits per heavy atom. The van der Waals surface area contributed by atoms with Crippen LogP contribution in [0.3, 0.4) is 0 Å². The maximum Gasteiger partial charge on any atom is 0.306 e. The molecule has 7 atom stereocenters. The van der Waals surface area contributed by atoms with E-state index in [-0.39, 0.29) is 34.5 Å². The molecule has 4 aliphatic rings. The Morgan fingerprint density at radius 2 is 1.72 bits per heavy atom. The predicted octanol–water partition coefficient (Wildman–Crippen LogP) is 5.41. The molecular formula is C27H40O5. The molecule has 4 rings (SSSR count). The van der Waals surface area contributed by atoms with E-state index in [0.717, 1.165) is 38.5 Å². The maximum absolute atomic E-state index is 12.4. The minimum Gasteiger partial charge on any atom is -0.465 e. The molecular weight excluding hydrogens is 404 g/mol. The molecule has 0 heterocycles. The molecule has 0 aliphatic heterocycles. The van der Waals surface area contributed by atoms with Crippen molar-refractivity contribution in [3.63, 3.8) is 0 Å². The average molecular weight is 445 g/mol. The van der Waals surface area contributed by atoms with Crippen LogP contribution < -0.4 is 0 Å². The second kappa shape index (κ2) is 8.29. The third kappa shape index (κ3) is 3.37. The third-order valence-electron chi connectivity index (χ3n) is 10.1. The van der Waals surface area contributed by atoms with Gasteiger partial charge >= 0.3 is 11.9 Å². The van der Waals surface area contributed by atoms with Gasteiger partial charge in [-0.2, -0.15) is 0 Å². The lowest BCUT2D eigenvalue weighted by Gasteiger charge is -2.61. The van der Waals surface area contributed by atoms with E-state index in [0.29, 0.717) is 43.6 Å². The Balaban J connectivity index is 1.69. The van der Waals surface area contributed by atoms with E-state index in [9.17, 15) is 14.4 Å². The number of rotatable bonds is 5. The highest BCUT2D eigenvalue weighted by Crippen LogP contribution is 2.69. The topological polar surface area (TPSA) is 69.7 Å². The number of carbonyl (C=O) groups excluding carboxylic acids is 3. The third-order valence-corrected chi connectivity index (χ3v) is 10.1. The van der Waals surface area contributed by atoms with Crippen molar-refractivity contribution in [2.45, 2.75) is 98.0 Å². The summed E-state index contributed by atoms with van der Waals surface area (Å²) in [6.45, 7) is 10.8. The van der Waals surface area contributed by atoms with E-state index in [1.165, 1.54) is 5.57 Å². The Bertz CT molecular complexity index is 830. The monoisotopic (exact) mass is 444 g/mol. The van der Waals surface area contributed by atoms with Crippen molar-refractivity contribution in [3.8, 4) is 0 Å². The van der Waals surface area contributed by atoms with Gasteiger partial charge in [0.2, 0.25) is 0 Å². The second-order valence-corrected chi connectivity index (χ2v) is 11.3. The zero-order valence-electron chi connectivity index (χ0n) is 20.5. The molecule has 0 aromatic carbocycles. The Labute approximate surface area is 192 Å². The van der Waals surface area contributed by atoms with Gasteiger partial charge in [0.25, 0.3) is 0 Å². The first kappa shape index (κ1) is 23.5. The fourth-order valence-electron chi connectivity index (χ4n) is 8.11. The molecule has 0 N–H and O–H groups in total. The molecule has 5 heteroatoms. The molecule has 0 bridgehead atoms. The lowest BCUT2D eigenvalue weighted by atomic mass is 9.44. The maximum atomic E-state index is 12.4. The van der Waals surface area contributed by atoms with Gasteiger partial charge in [0.05, 0.1) is 0 Å². The first-order chi connectivity index (χ1) is 15.1. The quantitative estimate of drug-likeness (QED) is 0.530. The molecule has 0 radical (unpaired) electrons. The molecule has 0 aromatic heterocycles. The van der Waals surface area contributed by atoms with Crippen molar-refractivity contribution in [1.82, 2.24) is 0 Å². The highest BCUT2D eigenvalue weighted by atomic mass is 16.6. The van der Waals surface area contributed by atoms with Crippen LogP contribution in [0.2, 0.25) is 0 Å². The van der Waals surface area contributed by atoms with Crippen molar-refractivity contribution >= 4 is 17.7 Å². The molecule has 178 valence electrons. The summed E-state index contributed by atoms with van der Waals surface area (Å²) < 4.78 is 11.9. The van der Waals surface area contributed by atoms with Gasteiger partial charge in [-0.15, -0.1) is 0 Å². The van der Waals surface area contributed by atoms with Crippen LogP contribution in [-0.4, -0.2) is 29.9 Å². The van der Waals surface area contributed by atoms with Crippen molar-refractivity contribution in [2.24, 2.45) is 34.5 Å². The van der Waals surface area contributed by atoms with E-state index < -0.39 is 5.60 Å². The van der Waals surface area contributed by atoms with Gasteiger partial charge in [0, 0.05) is 30.1 Å². The van der Waals surface area contributed by atoms with Crippen LogP contribution in [0.1, 0.15) is 92.4 Å². The summed E-state index contributed by atoms with van der Waals surface area (Å²) in [5.41, 5.74) is 0.534. The standard InChI is InChI=1S/C27H40O5/c1-6-23(29)31-16-27-17(3)14-19(28)15-18(27)8-9-20-21-11-13-26(5,32-24(30)7-2)25(21,4)12-10-22(20)27/h15,17,20-22H,6-14,16H2,1-5H3/t17-,20-,21-,22-,25-,26-,27-/m0/s1. The average Bonchev–Trinajstić information content (AvgIpc) is 3.02. The van der Waals surface area contributed by atoms with Crippen LogP contribution >= 0.6 is 0 Å². The largest absolute Gasteiger partial charge is 0.465 e. The summed E-state index contributed by atoms with van der Waals surface area (Å²) in [6.07, 6.45) is 9.18. The highest BCUT2D eigenvalue weighted by Gasteiger charge is 2.66. The lowest BCUT2D eigenvalue weighted by molar-refractivity contribution is -0.183. The minimum absolute atomic E-state index is 0.0325. The van der Waals surface area contributed by atoms with E-state index >= 15 is 0 Å². The van der Waals surface area contributed by atoms with Gasteiger partial charge in [-0.3, -0.25) is 14.4 Å². The smallest absolute Gasteiger partial charge is 0.306 e. The number of fused-ring (bicyclic) bond motifs is 5. The van der Waals surface area contributed by atoms with Crippen molar-refractivity contribution < 1.29 is 23.9 Å². The Kier molecular flexibility index (Phi) is 6.09.